The number of hydrogen-bond acceptors (Lipinski definition) is 4. The van der Waals surface area contributed by atoms with Crippen LogP contribution in [0.4, 0.5) is 4.39 Å². The van der Waals surface area contributed by atoms with E-state index in [2.05, 4.69) is 16.7 Å². The van der Waals surface area contributed by atoms with Crippen LogP contribution in [-0.4, -0.2) is 18.0 Å². The number of halogens is 1. The Morgan fingerprint density at radius 2 is 1.45 bits per heavy atom. The van der Waals surface area contributed by atoms with Crippen LogP contribution in [0.1, 0.15) is 5.56 Å². The van der Waals surface area contributed by atoms with Crippen LogP contribution in [0.3, 0.4) is 0 Å². The molecule has 0 atom stereocenters. The van der Waals surface area contributed by atoms with Gasteiger partial charge in [-0.05, 0) is 66.2 Å². The van der Waals surface area contributed by atoms with Gasteiger partial charge in [-0.1, -0.05) is 42.5 Å². The molecule has 0 saturated carbocycles. The molecule has 164 valence electrons. The molecule has 33 heavy (non-hydrogen) atoms. The zero-order valence-corrected chi connectivity index (χ0v) is 18.2. The largest absolute Gasteiger partial charge is 0.379 e. The number of benzene rings is 4. The Morgan fingerprint density at radius 3 is 2.18 bits per heavy atom. The molecule has 5 aromatic rings. The molecular weight excluding hydrogens is 439 g/mol. The number of nitrogens with zero attached hydrogens (tertiary/aromatic N) is 2. The molecule has 0 aliphatic heterocycles. The lowest BCUT2D eigenvalue weighted by Crippen LogP contribution is -2.09. The fourth-order valence-electron chi connectivity index (χ4n) is 3.66. The lowest BCUT2D eigenvalue weighted by atomic mass is 10.2. The maximum atomic E-state index is 13.1. The molecule has 0 aliphatic rings. The molecule has 0 unspecified atom stereocenters. The fraction of sp³-hybridized carbons (Fsp3) is 0.0385. The standard InChI is InChI=1S/C26H19FN2O3S/c27-21-12-16-23(17-13-21)33(30,31)32-22-14-10-20(11-15-22)26-28-24-8-4-5-9-25(24)29(26)18-19-6-2-1-3-7-19/h1-17H,18H2. The lowest BCUT2D eigenvalue weighted by molar-refractivity contribution is 0.486. The second kappa shape index (κ2) is 8.52. The van der Waals surface area contributed by atoms with Crippen molar-refractivity contribution in [3.63, 3.8) is 0 Å². The molecule has 0 aliphatic carbocycles. The number of para-hydroxylation sites is 2. The van der Waals surface area contributed by atoms with Crippen LogP contribution in [0.5, 0.6) is 5.75 Å². The highest BCUT2D eigenvalue weighted by Crippen LogP contribution is 2.28. The lowest BCUT2D eigenvalue weighted by Gasteiger charge is -2.11. The van der Waals surface area contributed by atoms with Gasteiger partial charge >= 0.3 is 10.1 Å². The summed E-state index contributed by atoms with van der Waals surface area (Å²) in [4.78, 5) is 4.69. The molecule has 0 saturated heterocycles. The molecule has 5 rings (SSSR count). The van der Waals surface area contributed by atoms with Gasteiger partial charge in [-0.25, -0.2) is 9.37 Å². The van der Waals surface area contributed by atoms with Crippen LogP contribution in [0.15, 0.2) is 108 Å². The second-order valence-corrected chi connectivity index (χ2v) is 9.06. The van der Waals surface area contributed by atoms with Crippen molar-refractivity contribution in [1.82, 2.24) is 9.55 Å². The molecule has 0 N–H and O–H groups in total. The first-order valence-corrected chi connectivity index (χ1v) is 11.7. The second-order valence-electron chi connectivity index (χ2n) is 7.51. The highest BCUT2D eigenvalue weighted by Gasteiger charge is 2.18. The molecule has 0 fully saturated rings. The van der Waals surface area contributed by atoms with Gasteiger partial charge in [0, 0.05) is 12.1 Å². The SMILES string of the molecule is O=S(=O)(Oc1ccc(-c2nc3ccccc3n2Cc2ccccc2)cc1)c1ccc(F)cc1. The number of rotatable bonds is 6. The van der Waals surface area contributed by atoms with E-state index < -0.39 is 15.9 Å². The zero-order valence-electron chi connectivity index (χ0n) is 17.4. The van der Waals surface area contributed by atoms with Gasteiger partial charge in [0.1, 0.15) is 22.3 Å². The van der Waals surface area contributed by atoms with E-state index in [1.165, 1.54) is 12.1 Å². The van der Waals surface area contributed by atoms with E-state index in [0.717, 1.165) is 40.1 Å². The molecule has 1 heterocycles. The van der Waals surface area contributed by atoms with E-state index >= 15 is 0 Å². The third kappa shape index (κ3) is 4.36. The average molecular weight is 459 g/mol. The van der Waals surface area contributed by atoms with Crippen molar-refractivity contribution >= 4 is 21.2 Å². The number of aromatic nitrogens is 2. The summed E-state index contributed by atoms with van der Waals surface area (Å²) in [6.07, 6.45) is 0. The number of imidazole rings is 1. The van der Waals surface area contributed by atoms with Crippen molar-refractivity contribution in [2.24, 2.45) is 0 Å². The highest BCUT2D eigenvalue weighted by atomic mass is 32.2. The monoisotopic (exact) mass is 458 g/mol. The Labute approximate surface area is 190 Å². The predicted molar refractivity (Wildman–Crippen MR) is 125 cm³/mol. The maximum Gasteiger partial charge on any atom is 0.339 e. The Bertz CT molecular complexity index is 1510. The summed E-state index contributed by atoms with van der Waals surface area (Å²) in [6, 6.07) is 29.3. The molecule has 7 heteroatoms. The molecule has 5 nitrogen and oxygen atoms in total. The van der Waals surface area contributed by atoms with E-state index in [1.54, 1.807) is 24.3 Å². The van der Waals surface area contributed by atoms with E-state index in [-0.39, 0.29) is 10.6 Å². The van der Waals surface area contributed by atoms with Gasteiger partial charge in [-0.3, -0.25) is 0 Å². The van der Waals surface area contributed by atoms with Gasteiger partial charge in [-0.2, -0.15) is 8.42 Å². The Hall–Kier alpha value is -3.97. The van der Waals surface area contributed by atoms with Gasteiger partial charge in [0.25, 0.3) is 0 Å². The van der Waals surface area contributed by atoms with Crippen molar-refractivity contribution < 1.29 is 17.0 Å². The molecule has 0 amide bonds. The van der Waals surface area contributed by atoms with E-state index in [0.29, 0.717) is 6.54 Å². The topological polar surface area (TPSA) is 61.2 Å². The Kier molecular flexibility index (Phi) is 5.40. The third-order valence-electron chi connectivity index (χ3n) is 5.26. The first kappa shape index (κ1) is 20.9. The Morgan fingerprint density at radius 1 is 0.788 bits per heavy atom. The molecular formula is C26H19FN2O3S. The molecule has 0 bridgehead atoms. The van der Waals surface area contributed by atoms with Crippen LogP contribution in [0.25, 0.3) is 22.4 Å². The van der Waals surface area contributed by atoms with E-state index in [9.17, 15) is 12.8 Å². The van der Waals surface area contributed by atoms with Gasteiger partial charge in [-0.15, -0.1) is 0 Å². The summed E-state index contributed by atoms with van der Waals surface area (Å²) in [5.74, 6) is 0.415. The van der Waals surface area contributed by atoms with Crippen LogP contribution >= 0.6 is 0 Å². The van der Waals surface area contributed by atoms with E-state index in [4.69, 9.17) is 9.17 Å². The summed E-state index contributed by atoms with van der Waals surface area (Å²) < 4.78 is 45.4. The normalized spacial score (nSPS) is 11.5. The van der Waals surface area contributed by atoms with E-state index in [1.807, 2.05) is 42.5 Å². The Balaban J connectivity index is 1.47. The number of fused-ring (bicyclic) bond motifs is 1. The minimum atomic E-state index is -4.06. The molecule has 0 radical (unpaired) electrons. The summed E-state index contributed by atoms with van der Waals surface area (Å²) >= 11 is 0. The van der Waals surface area contributed by atoms with Crippen LogP contribution in [-0.2, 0) is 16.7 Å². The first-order chi connectivity index (χ1) is 16.0. The number of hydrogen-bond donors (Lipinski definition) is 0. The summed E-state index contributed by atoms with van der Waals surface area (Å²) in [6.45, 7) is 0.647. The van der Waals surface area contributed by atoms with Gasteiger partial charge in [0.2, 0.25) is 0 Å². The molecule has 4 aromatic carbocycles. The maximum absolute atomic E-state index is 13.1. The molecule has 1 aromatic heterocycles. The highest BCUT2D eigenvalue weighted by molar-refractivity contribution is 7.87. The average Bonchev–Trinajstić information content (AvgIpc) is 3.19. The first-order valence-electron chi connectivity index (χ1n) is 10.3. The van der Waals surface area contributed by atoms with Crippen molar-refractivity contribution in [1.29, 1.82) is 0 Å². The predicted octanol–water partition coefficient (Wildman–Crippen LogP) is 5.66. The minimum Gasteiger partial charge on any atom is -0.379 e. The van der Waals surface area contributed by atoms with Crippen molar-refractivity contribution in [2.45, 2.75) is 11.4 Å². The smallest absolute Gasteiger partial charge is 0.339 e. The van der Waals surface area contributed by atoms with Crippen molar-refractivity contribution in [3.05, 3.63) is 115 Å². The zero-order chi connectivity index (χ0) is 22.8. The summed E-state index contributed by atoms with van der Waals surface area (Å²) in [5, 5.41) is 0. The van der Waals surface area contributed by atoms with Crippen LogP contribution in [0, 0.1) is 5.82 Å². The summed E-state index contributed by atoms with van der Waals surface area (Å²) in [5.41, 5.74) is 3.86. The van der Waals surface area contributed by atoms with Crippen molar-refractivity contribution in [3.8, 4) is 17.1 Å². The van der Waals surface area contributed by atoms with Gasteiger partial charge in [0.05, 0.1) is 11.0 Å². The third-order valence-corrected chi connectivity index (χ3v) is 6.52. The summed E-state index contributed by atoms with van der Waals surface area (Å²) in [7, 11) is -4.06. The molecule has 0 spiro atoms. The van der Waals surface area contributed by atoms with Crippen LogP contribution in [0.2, 0.25) is 0 Å². The minimum absolute atomic E-state index is 0.113. The van der Waals surface area contributed by atoms with Crippen LogP contribution < -0.4 is 4.18 Å². The van der Waals surface area contributed by atoms with Gasteiger partial charge < -0.3 is 8.75 Å². The fourth-order valence-corrected chi connectivity index (χ4v) is 4.59. The quantitative estimate of drug-likeness (QED) is 0.308. The van der Waals surface area contributed by atoms with Crippen molar-refractivity contribution in [2.75, 3.05) is 0 Å². The van der Waals surface area contributed by atoms with Gasteiger partial charge in [0.15, 0.2) is 0 Å².